The molecule has 28 heavy (non-hydrogen) atoms. The number of amides is 1. The molecular weight excluding hydrogens is 370 g/mol. The van der Waals surface area contributed by atoms with Crippen molar-refractivity contribution in [3.8, 4) is 0 Å². The molecule has 2 aliphatic heterocycles. The molecule has 0 aromatic heterocycles. The van der Waals surface area contributed by atoms with E-state index in [1.807, 2.05) is 0 Å². The Morgan fingerprint density at radius 3 is 2.32 bits per heavy atom. The van der Waals surface area contributed by atoms with Gasteiger partial charge in [-0.05, 0) is 25.5 Å². The molecular formula is C17H23N5O6. The number of morpholine rings is 1. The Hall–Kier alpha value is -2.79. The summed E-state index contributed by atoms with van der Waals surface area (Å²) in [5.41, 5.74) is -0.812. The predicted molar refractivity (Wildman–Crippen MR) is 101 cm³/mol. The third-order valence-electron chi connectivity index (χ3n) is 4.81. The van der Waals surface area contributed by atoms with Crippen LogP contribution in [0.5, 0.6) is 0 Å². The van der Waals surface area contributed by atoms with Crippen molar-refractivity contribution in [2.24, 2.45) is 0 Å². The standard InChI is InChI=1S/C17H23N5O6/c23-17(18-3-1-2-4-19-7-9-28-10-8-19)13-11-15(20-5-6-20)16(22(26)27)12-14(13)21(24)25/h11-12H,1-10H2,(H,18,23). The molecule has 3 rings (SSSR count). The number of carbonyl (C=O) groups excluding carboxylic acids is 1. The van der Waals surface area contributed by atoms with E-state index in [1.54, 1.807) is 4.90 Å². The highest BCUT2D eigenvalue weighted by molar-refractivity contribution is 6.00. The number of nitro groups is 2. The molecule has 0 saturated carbocycles. The summed E-state index contributed by atoms with van der Waals surface area (Å²) in [7, 11) is 0. The van der Waals surface area contributed by atoms with E-state index in [2.05, 4.69) is 10.2 Å². The molecule has 2 heterocycles. The van der Waals surface area contributed by atoms with Crippen molar-refractivity contribution < 1.29 is 19.4 Å². The molecule has 1 amide bonds. The van der Waals surface area contributed by atoms with E-state index in [-0.39, 0.29) is 16.9 Å². The van der Waals surface area contributed by atoms with E-state index in [0.29, 0.717) is 19.6 Å². The normalized spacial score (nSPS) is 16.6. The second-order valence-corrected chi connectivity index (χ2v) is 6.78. The molecule has 0 atom stereocenters. The minimum absolute atomic E-state index is 0.148. The van der Waals surface area contributed by atoms with E-state index in [4.69, 9.17) is 4.74 Å². The lowest BCUT2D eigenvalue weighted by Gasteiger charge is -2.26. The fourth-order valence-electron chi connectivity index (χ4n) is 3.17. The summed E-state index contributed by atoms with van der Waals surface area (Å²) in [5.74, 6) is -0.587. The van der Waals surface area contributed by atoms with Gasteiger partial charge in [-0.2, -0.15) is 0 Å². The van der Waals surface area contributed by atoms with Gasteiger partial charge in [-0.15, -0.1) is 0 Å². The molecule has 11 nitrogen and oxygen atoms in total. The van der Waals surface area contributed by atoms with Crippen LogP contribution in [0.25, 0.3) is 0 Å². The maximum atomic E-state index is 12.5. The van der Waals surface area contributed by atoms with Crippen molar-refractivity contribution in [3.05, 3.63) is 37.9 Å². The third kappa shape index (κ3) is 4.93. The first-order valence-corrected chi connectivity index (χ1v) is 9.27. The van der Waals surface area contributed by atoms with Crippen LogP contribution in [-0.2, 0) is 4.74 Å². The fraction of sp³-hybridized carbons (Fsp3) is 0.588. The van der Waals surface area contributed by atoms with Gasteiger partial charge in [0.2, 0.25) is 0 Å². The van der Waals surface area contributed by atoms with Gasteiger partial charge in [-0.1, -0.05) is 0 Å². The van der Waals surface area contributed by atoms with Crippen molar-refractivity contribution in [1.82, 2.24) is 10.2 Å². The molecule has 2 aliphatic rings. The average Bonchev–Trinajstić information content (AvgIpc) is 3.52. The first-order chi connectivity index (χ1) is 13.5. The van der Waals surface area contributed by atoms with Gasteiger partial charge < -0.3 is 15.0 Å². The Labute approximate surface area is 161 Å². The van der Waals surface area contributed by atoms with E-state index >= 15 is 0 Å². The number of benzene rings is 1. The number of nitrogens with zero attached hydrogens (tertiary/aromatic N) is 4. The summed E-state index contributed by atoms with van der Waals surface area (Å²) in [5, 5.41) is 25.2. The highest BCUT2D eigenvalue weighted by atomic mass is 16.6. The number of nitro benzene ring substituents is 2. The number of hydrogen-bond donors (Lipinski definition) is 1. The van der Waals surface area contributed by atoms with Gasteiger partial charge in [-0.25, -0.2) is 0 Å². The van der Waals surface area contributed by atoms with Crippen LogP contribution in [-0.4, -0.2) is 73.1 Å². The Bertz CT molecular complexity index is 761. The van der Waals surface area contributed by atoms with Crippen LogP contribution in [0.15, 0.2) is 12.1 Å². The monoisotopic (exact) mass is 393 g/mol. The molecule has 0 spiro atoms. The smallest absolute Gasteiger partial charge is 0.299 e. The van der Waals surface area contributed by atoms with Gasteiger partial charge >= 0.3 is 0 Å². The predicted octanol–water partition coefficient (Wildman–Crippen LogP) is 1.17. The highest BCUT2D eigenvalue weighted by Gasteiger charge is 2.33. The number of ether oxygens (including phenoxy) is 1. The summed E-state index contributed by atoms with van der Waals surface area (Å²) in [4.78, 5) is 37.6. The van der Waals surface area contributed by atoms with Crippen LogP contribution in [0.2, 0.25) is 0 Å². The van der Waals surface area contributed by atoms with Crippen molar-refractivity contribution in [3.63, 3.8) is 0 Å². The number of unbranched alkanes of at least 4 members (excludes halogenated alkanes) is 1. The SMILES string of the molecule is O=C(NCCCCN1CCOCC1)c1cc(N2CC2)c([N+](=O)[O-])cc1[N+](=O)[O-]. The summed E-state index contributed by atoms with van der Waals surface area (Å²) in [6, 6.07) is 2.13. The zero-order chi connectivity index (χ0) is 20.1. The lowest BCUT2D eigenvalue weighted by Crippen LogP contribution is -2.37. The molecule has 152 valence electrons. The topological polar surface area (TPSA) is 131 Å². The first kappa shape index (κ1) is 20.0. The average molecular weight is 393 g/mol. The molecule has 0 unspecified atom stereocenters. The molecule has 2 saturated heterocycles. The van der Waals surface area contributed by atoms with Gasteiger partial charge in [0, 0.05) is 32.7 Å². The number of carbonyl (C=O) groups is 1. The first-order valence-electron chi connectivity index (χ1n) is 9.27. The Balaban J connectivity index is 1.61. The molecule has 0 aliphatic carbocycles. The molecule has 2 fully saturated rings. The molecule has 0 radical (unpaired) electrons. The van der Waals surface area contributed by atoms with E-state index in [0.717, 1.165) is 51.8 Å². The fourth-order valence-corrected chi connectivity index (χ4v) is 3.17. The number of nitrogens with one attached hydrogen (secondary N) is 1. The van der Waals surface area contributed by atoms with Crippen LogP contribution < -0.4 is 10.2 Å². The van der Waals surface area contributed by atoms with Crippen LogP contribution >= 0.6 is 0 Å². The quantitative estimate of drug-likeness (QED) is 0.286. The highest BCUT2D eigenvalue weighted by Crippen LogP contribution is 2.37. The van der Waals surface area contributed by atoms with Crippen LogP contribution in [0.1, 0.15) is 23.2 Å². The van der Waals surface area contributed by atoms with E-state index in [1.165, 1.54) is 6.07 Å². The summed E-state index contributed by atoms with van der Waals surface area (Å²) in [6.07, 6.45) is 1.63. The van der Waals surface area contributed by atoms with Crippen LogP contribution in [0, 0.1) is 20.2 Å². The lowest BCUT2D eigenvalue weighted by molar-refractivity contribution is -0.393. The van der Waals surface area contributed by atoms with Gasteiger partial charge in [0.05, 0.1) is 29.1 Å². The van der Waals surface area contributed by atoms with E-state index < -0.39 is 21.4 Å². The summed E-state index contributed by atoms with van der Waals surface area (Å²) in [6.45, 7) is 5.83. The van der Waals surface area contributed by atoms with E-state index in [9.17, 15) is 25.0 Å². The van der Waals surface area contributed by atoms with Crippen LogP contribution in [0.3, 0.4) is 0 Å². The Kier molecular flexibility index (Phi) is 6.37. The molecule has 11 heteroatoms. The van der Waals surface area contributed by atoms with Crippen molar-refractivity contribution >= 4 is 23.0 Å². The molecule has 0 bridgehead atoms. The lowest BCUT2D eigenvalue weighted by atomic mass is 10.1. The maximum absolute atomic E-state index is 12.5. The molecule has 1 N–H and O–H groups in total. The summed E-state index contributed by atoms with van der Waals surface area (Å²) >= 11 is 0. The van der Waals surface area contributed by atoms with Crippen LogP contribution in [0.4, 0.5) is 17.1 Å². The van der Waals surface area contributed by atoms with Gasteiger partial charge in [0.1, 0.15) is 11.3 Å². The van der Waals surface area contributed by atoms with Crippen molar-refractivity contribution in [2.45, 2.75) is 12.8 Å². The van der Waals surface area contributed by atoms with Gasteiger partial charge in [0.25, 0.3) is 17.3 Å². The number of anilines is 1. The largest absolute Gasteiger partial charge is 0.379 e. The van der Waals surface area contributed by atoms with Crippen molar-refractivity contribution in [1.29, 1.82) is 0 Å². The summed E-state index contributed by atoms with van der Waals surface area (Å²) < 4.78 is 5.29. The Morgan fingerprint density at radius 2 is 1.71 bits per heavy atom. The molecule has 1 aromatic rings. The second kappa shape index (κ2) is 8.93. The minimum atomic E-state index is -0.758. The zero-order valence-electron chi connectivity index (χ0n) is 15.5. The maximum Gasteiger partial charge on any atom is 0.299 e. The number of hydrogen-bond acceptors (Lipinski definition) is 8. The second-order valence-electron chi connectivity index (χ2n) is 6.78. The third-order valence-corrected chi connectivity index (χ3v) is 4.81. The number of rotatable bonds is 9. The molecule has 1 aromatic carbocycles. The minimum Gasteiger partial charge on any atom is -0.379 e. The van der Waals surface area contributed by atoms with Crippen molar-refractivity contribution in [2.75, 3.05) is 57.4 Å². The Morgan fingerprint density at radius 1 is 1.04 bits per heavy atom. The van der Waals surface area contributed by atoms with Gasteiger partial charge in [0.15, 0.2) is 0 Å². The van der Waals surface area contributed by atoms with Gasteiger partial charge in [-0.3, -0.25) is 29.9 Å². The zero-order valence-corrected chi connectivity index (χ0v) is 15.5.